The van der Waals surface area contributed by atoms with Crippen molar-refractivity contribution in [2.24, 2.45) is 0 Å². The van der Waals surface area contributed by atoms with Gasteiger partial charge in [-0.15, -0.1) is 0 Å². The number of nitrogens with zero attached hydrogens (tertiary/aromatic N) is 3. The van der Waals surface area contributed by atoms with Crippen LogP contribution in [0.3, 0.4) is 0 Å². The Morgan fingerprint density at radius 3 is 2.72 bits per heavy atom. The molecule has 0 spiro atoms. The lowest BCUT2D eigenvalue weighted by molar-refractivity contribution is -0.143. The molecule has 0 fully saturated rings. The maximum absolute atomic E-state index is 11.9. The molecule has 130 valence electrons. The minimum absolute atomic E-state index is 0.427. The van der Waals surface area contributed by atoms with E-state index in [0.717, 1.165) is 11.1 Å². The summed E-state index contributed by atoms with van der Waals surface area (Å²) in [5.41, 5.74) is 3.84. The molecule has 2 aromatic carbocycles. The van der Waals surface area contributed by atoms with Crippen molar-refractivity contribution in [1.29, 1.82) is 0 Å². The Kier molecular flexibility index (Phi) is 4.67. The highest BCUT2D eigenvalue weighted by atomic mass is 16.6. The maximum atomic E-state index is 11.9. The third kappa shape index (κ3) is 3.46. The van der Waals surface area contributed by atoms with Gasteiger partial charge >= 0.3 is 5.97 Å². The van der Waals surface area contributed by atoms with Gasteiger partial charge in [-0.3, -0.25) is 9.69 Å². The number of fused-ring (bicyclic) bond motifs is 1. The topological polar surface area (TPSA) is 88.7 Å². The van der Waals surface area contributed by atoms with E-state index < -0.39 is 12.0 Å². The first-order chi connectivity index (χ1) is 12.0. The fourth-order valence-electron chi connectivity index (χ4n) is 2.93. The summed E-state index contributed by atoms with van der Waals surface area (Å²) in [4.78, 5) is 13.7. The number of benzene rings is 2. The highest BCUT2D eigenvalue weighted by Gasteiger charge is 2.28. The number of carboxylic acids is 1. The normalized spacial score (nSPS) is 12.5. The quantitative estimate of drug-likeness (QED) is 0.737. The third-order valence-electron chi connectivity index (χ3n) is 4.10. The van der Waals surface area contributed by atoms with Crippen LogP contribution in [0, 0.1) is 6.92 Å². The number of carbonyl (C=O) groups is 1. The molecule has 1 N–H and O–H groups in total. The molecular formula is C18H19N3O4. The van der Waals surface area contributed by atoms with Crippen LogP contribution in [-0.4, -0.2) is 40.4 Å². The van der Waals surface area contributed by atoms with Gasteiger partial charge in [0, 0.05) is 12.1 Å². The van der Waals surface area contributed by atoms with Gasteiger partial charge in [-0.25, -0.2) is 4.63 Å². The summed E-state index contributed by atoms with van der Waals surface area (Å²) >= 11 is 0. The van der Waals surface area contributed by atoms with Crippen LogP contribution in [0.25, 0.3) is 11.0 Å². The third-order valence-corrected chi connectivity index (χ3v) is 4.10. The van der Waals surface area contributed by atoms with Crippen LogP contribution in [0.5, 0.6) is 5.75 Å². The lowest BCUT2D eigenvalue weighted by atomic mass is 10.0. The predicted molar refractivity (Wildman–Crippen MR) is 91.4 cm³/mol. The predicted octanol–water partition coefficient (Wildman–Crippen LogP) is 2.80. The summed E-state index contributed by atoms with van der Waals surface area (Å²) in [6.07, 6.45) is 0. The van der Waals surface area contributed by atoms with E-state index in [4.69, 9.17) is 9.37 Å². The summed E-state index contributed by atoms with van der Waals surface area (Å²) in [5.74, 6) is -0.378. The number of aliphatic carboxylic acids is 1. The van der Waals surface area contributed by atoms with Crippen molar-refractivity contribution < 1.29 is 19.3 Å². The highest BCUT2D eigenvalue weighted by Crippen LogP contribution is 2.31. The van der Waals surface area contributed by atoms with Crippen LogP contribution in [0.1, 0.15) is 22.7 Å². The highest BCUT2D eigenvalue weighted by molar-refractivity contribution is 5.77. The zero-order valence-corrected chi connectivity index (χ0v) is 14.3. The van der Waals surface area contributed by atoms with E-state index in [-0.39, 0.29) is 0 Å². The van der Waals surface area contributed by atoms with Gasteiger partial charge in [0.25, 0.3) is 0 Å². The van der Waals surface area contributed by atoms with Crippen LogP contribution in [0.4, 0.5) is 0 Å². The number of ether oxygens (including phenoxy) is 1. The van der Waals surface area contributed by atoms with Crippen LogP contribution >= 0.6 is 0 Å². The lowest BCUT2D eigenvalue weighted by Gasteiger charge is -2.26. The van der Waals surface area contributed by atoms with Crippen molar-refractivity contribution in [3.8, 4) is 5.75 Å². The average molecular weight is 341 g/mol. The van der Waals surface area contributed by atoms with Gasteiger partial charge in [-0.05, 0) is 48.0 Å². The maximum Gasteiger partial charge on any atom is 0.325 e. The molecule has 0 saturated heterocycles. The Balaban J connectivity index is 1.92. The monoisotopic (exact) mass is 341 g/mol. The molecule has 1 unspecified atom stereocenters. The SMILES string of the molecule is COc1ccc(C)cc1C(C(=O)O)N(C)Cc1ccc2nonc2c1. The number of carboxylic acid groups (broad SMARTS) is 1. The lowest BCUT2D eigenvalue weighted by Crippen LogP contribution is -2.31. The van der Waals surface area contributed by atoms with E-state index in [1.54, 1.807) is 31.2 Å². The summed E-state index contributed by atoms with van der Waals surface area (Å²) in [5, 5.41) is 17.4. The first kappa shape index (κ1) is 16.9. The first-order valence-electron chi connectivity index (χ1n) is 7.78. The smallest absolute Gasteiger partial charge is 0.325 e. The van der Waals surface area contributed by atoms with Crippen molar-refractivity contribution >= 4 is 17.0 Å². The number of aromatic nitrogens is 2. The molecule has 7 heteroatoms. The van der Waals surface area contributed by atoms with Gasteiger partial charge in [-0.2, -0.15) is 0 Å². The van der Waals surface area contributed by atoms with E-state index >= 15 is 0 Å². The molecule has 0 bridgehead atoms. The average Bonchev–Trinajstić information content (AvgIpc) is 3.02. The number of hydrogen-bond donors (Lipinski definition) is 1. The van der Waals surface area contributed by atoms with E-state index in [1.165, 1.54) is 0 Å². The Morgan fingerprint density at radius 2 is 2.00 bits per heavy atom. The molecule has 0 amide bonds. The van der Waals surface area contributed by atoms with Crippen molar-refractivity contribution in [3.05, 3.63) is 53.1 Å². The Labute approximate surface area is 144 Å². The van der Waals surface area contributed by atoms with E-state index in [1.807, 2.05) is 31.2 Å². The molecule has 0 aliphatic rings. The zero-order chi connectivity index (χ0) is 18.0. The number of methoxy groups -OCH3 is 1. The molecule has 0 saturated carbocycles. The Bertz CT molecular complexity index is 906. The van der Waals surface area contributed by atoms with E-state index in [0.29, 0.717) is 28.9 Å². The molecular weight excluding hydrogens is 322 g/mol. The van der Waals surface area contributed by atoms with Gasteiger partial charge in [0.1, 0.15) is 22.8 Å². The molecule has 25 heavy (non-hydrogen) atoms. The van der Waals surface area contributed by atoms with Crippen LogP contribution < -0.4 is 4.74 Å². The summed E-state index contributed by atoms with van der Waals surface area (Å²) in [7, 11) is 3.31. The molecule has 0 radical (unpaired) electrons. The largest absolute Gasteiger partial charge is 0.496 e. The van der Waals surface area contributed by atoms with Crippen molar-refractivity contribution in [2.45, 2.75) is 19.5 Å². The van der Waals surface area contributed by atoms with Crippen molar-refractivity contribution in [3.63, 3.8) is 0 Å². The van der Waals surface area contributed by atoms with Crippen molar-refractivity contribution in [1.82, 2.24) is 15.2 Å². The fourth-order valence-corrected chi connectivity index (χ4v) is 2.93. The van der Waals surface area contributed by atoms with Crippen LogP contribution in [0.2, 0.25) is 0 Å². The van der Waals surface area contributed by atoms with Gasteiger partial charge in [0.15, 0.2) is 0 Å². The van der Waals surface area contributed by atoms with Gasteiger partial charge in [0.05, 0.1) is 7.11 Å². The van der Waals surface area contributed by atoms with Gasteiger partial charge < -0.3 is 9.84 Å². The first-order valence-corrected chi connectivity index (χ1v) is 7.78. The molecule has 3 aromatic rings. The molecule has 0 aliphatic carbocycles. The molecule has 7 nitrogen and oxygen atoms in total. The van der Waals surface area contributed by atoms with Crippen LogP contribution in [0.15, 0.2) is 41.0 Å². The number of rotatable bonds is 6. The molecule has 1 heterocycles. The second kappa shape index (κ2) is 6.90. The summed E-state index contributed by atoms with van der Waals surface area (Å²) in [6, 6.07) is 10.2. The second-order valence-electron chi connectivity index (χ2n) is 5.99. The Hall–Kier alpha value is -2.93. The molecule has 1 atom stereocenters. The molecule has 3 rings (SSSR count). The van der Waals surface area contributed by atoms with Crippen molar-refractivity contribution in [2.75, 3.05) is 14.2 Å². The second-order valence-corrected chi connectivity index (χ2v) is 5.99. The van der Waals surface area contributed by atoms with E-state index in [2.05, 4.69) is 10.3 Å². The number of hydrogen-bond acceptors (Lipinski definition) is 6. The summed E-state index contributed by atoms with van der Waals surface area (Å²) < 4.78 is 10.1. The van der Waals surface area contributed by atoms with Gasteiger partial charge in [0.2, 0.25) is 0 Å². The standard InChI is InChI=1S/C18H19N3O4/c1-11-4-7-16(24-3)13(8-11)17(18(22)23)21(2)10-12-5-6-14-15(9-12)20-25-19-14/h4-9,17H,10H2,1-3H3,(H,22,23). The Morgan fingerprint density at radius 1 is 1.24 bits per heavy atom. The zero-order valence-electron chi connectivity index (χ0n) is 14.3. The fraction of sp³-hybridized carbons (Fsp3) is 0.278. The molecule has 1 aromatic heterocycles. The minimum Gasteiger partial charge on any atom is -0.496 e. The number of likely N-dealkylation sites (N-methyl/N-ethyl adjacent to an activating group) is 1. The molecule has 0 aliphatic heterocycles. The number of aryl methyl sites for hydroxylation is 1. The van der Waals surface area contributed by atoms with Gasteiger partial charge in [-0.1, -0.05) is 23.8 Å². The van der Waals surface area contributed by atoms with Crippen LogP contribution in [-0.2, 0) is 11.3 Å². The minimum atomic E-state index is -0.935. The van der Waals surface area contributed by atoms with E-state index in [9.17, 15) is 9.90 Å². The summed E-state index contributed by atoms with van der Waals surface area (Å²) in [6.45, 7) is 2.35.